The molecule has 1 N–H and O–H groups in total. The summed E-state index contributed by atoms with van der Waals surface area (Å²) in [5.74, 6) is 0.922. The molecule has 1 aromatic carbocycles. The van der Waals surface area contributed by atoms with Crippen LogP contribution in [0.5, 0.6) is 5.75 Å². The molecule has 0 radical (unpaired) electrons. The fourth-order valence-corrected chi connectivity index (χ4v) is 1.81. The van der Waals surface area contributed by atoms with Crippen LogP contribution in [0.2, 0.25) is 0 Å². The highest BCUT2D eigenvalue weighted by Gasteiger charge is 1.98. The third-order valence-electron chi connectivity index (χ3n) is 2.68. The predicted octanol–water partition coefficient (Wildman–Crippen LogP) is 3.16. The van der Waals surface area contributed by atoms with Crippen molar-refractivity contribution in [1.29, 1.82) is 0 Å². The number of benzene rings is 1. The van der Waals surface area contributed by atoms with E-state index in [4.69, 9.17) is 4.74 Å². The van der Waals surface area contributed by atoms with Gasteiger partial charge in [-0.2, -0.15) is 0 Å². The van der Waals surface area contributed by atoms with E-state index in [1.807, 2.05) is 38.2 Å². The molecule has 0 spiro atoms. The first-order chi connectivity index (χ1) is 9.24. The summed E-state index contributed by atoms with van der Waals surface area (Å²) in [6, 6.07) is 12.2. The smallest absolute Gasteiger partial charge is 0.119 e. The quantitative estimate of drug-likeness (QED) is 0.862. The molecule has 3 nitrogen and oxygen atoms in total. The molecule has 2 aromatic rings. The summed E-state index contributed by atoms with van der Waals surface area (Å²) in [4.78, 5) is 4.09. The van der Waals surface area contributed by atoms with Gasteiger partial charge >= 0.3 is 0 Å². The van der Waals surface area contributed by atoms with Crippen LogP contribution >= 0.6 is 0 Å². The zero-order chi connectivity index (χ0) is 13.5. The van der Waals surface area contributed by atoms with Crippen molar-refractivity contribution in [2.45, 2.75) is 33.0 Å². The summed E-state index contributed by atoms with van der Waals surface area (Å²) in [5, 5.41) is 3.40. The second-order valence-electron chi connectivity index (χ2n) is 4.78. The average Bonchev–Trinajstić information content (AvgIpc) is 2.41. The highest BCUT2D eigenvalue weighted by atomic mass is 16.5. The van der Waals surface area contributed by atoms with Crippen LogP contribution in [0.4, 0.5) is 0 Å². The lowest BCUT2D eigenvalue weighted by Crippen LogP contribution is -2.12. The van der Waals surface area contributed by atoms with E-state index in [2.05, 4.69) is 28.5 Å². The van der Waals surface area contributed by atoms with E-state index in [9.17, 15) is 0 Å². The molecule has 1 aromatic heterocycles. The van der Waals surface area contributed by atoms with E-state index < -0.39 is 0 Å². The molecular formula is C16H20N2O. The summed E-state index contributed by atoms with van der Waals surface area (Å²) >= 11 is 0. The molecule has 0 aliphatic carbocycles. The summed E-state index contributed by atoms with van der Waals surface area (Å²) in [7, 11) is 0. The largest absolute Gasteiger partial charge is 0.491 e. The molecule has 0 unspecified atom stereocenters. The van der Waals surface area contributed by atoms with Crippen molar-refractivity contribution in [2.75, 3.05) is 0 Å². The predicted molar refractivity (Wildman–Crippen MR) is 77.0 cm³/mol. The SMILES string of the molecule is CC(C)Oc1ccc(CNCc2cccnc2)cc1. The number of nitrogens with one attached hydrogen (secondary N) is 1. The van der Waals surface area contributed by atoms with Gasteiger partial charge in [-0.1, -0.05) is 18.2 Å². The topological polar surface area (TPSA) is 34.1 Å². The van der Waals surface area contributed by atoms with Gasteiger partial charge in [0.1, 0.15) is 5.75 Å². The van der Waals surface area contributed by atoms with E-state index in [0.717, 1.165) is 18.8 Å². The number of aromatic nitrogens is 1. The van der Waals surface area contributed by atoms with Crippen molar-refractivity contribution < 1.29 is 4.74 Å². The molecule has 0 atom stereocenters. The first-order valence-corrected chi connectivity index (χ1v) is 6.59. The van der Waals surface area contributed by atoms with Crippen LogP contribution < -0.4 is 10.1 Å². The first-order valence-electron chi connectivity index (χ1n) is 6.59. The van der Waals surface area contributed by atoms with Crippen molar-refractivity contribution in [1.82, 2.24) is 10.3 Å². The van der Waals surface area contributed by atoms with Crippen molar-refractivity contribution >= 4 is 0 Å². The number of hydrogen-bond acceptors (Lipinski definition) is 3. The zero-order valence-electron chi connectivity index (χ0n) is 11.5. The normalized spacial score (nSPS) is 10.7. The Hall–Kier alpha value is -1.87. The Bertz CT molecular complexity index is 480. The van der Waals surface area contributed by atoms with Gasteiger partial charge in [0, 0.05) is 25.5 Å². The van der Waals surface area contributed by atoms with Crippen LogP contribution in [-0.4, -0.2) is 11.1 Å². The number of rotatable bonds is 6. The molecule has 0 bridgehead atoms. The molecule has 2 rings (SSSR count). The third kappa shape index (κ3) is 4.72. The zero-order valence-corrected chi connectivity index (χ0v) is 11.5. The maximum Gasteiger partial charge on any atom is 0.119 e. The summed E-state index contributed by atoms with van der Waals surface area (Å²) in [5.41, 5.74) is 2.45. The van der Waals surface area contributed by atoms with E-state index in [0.29, 0.717) is 0 Å². The Labute approximate surface area is 114 Å². The lowest BCUT2D eigenvalue weighted by molar-refractivity contribution is 0.242. The van der Waals surface area contributed by atoms with E-state index in [1.54, 1.807) is 6.20 Å². The molecule has 3 heteroatoms. The molecule has 0 fully saturated rings. The standard InChI is InChI=1S/C16H20N2O/c1-13(2)19-16-7-5-14(6-8-16)10-18-12-15-4-3-9-17-11-15/h3-9,11,13,18H,10,12H2,1-2H3. The Morgan fingerprint density at radius 2 is 1.79 bits per heavy atom. The van der Waals surface area contributed by atoms with E-state index >= 15 is 0 Å². The highest BCUT2D eigenvalue weighted by molar-refractivity contribution is 5.27. The molecule has 0 aliphatic rings. The Morgan fingerprint density at radius 1 is 1.05 bits per heavy atom. The minimum Gasteiger partial charge on any atom is -0.491 e. The highest BCUT2D eigenvalue weighted by Crippen LogP contribution is 2.13. The monoisotopic (exact) mass is 256 g/mol. The summed E-state index contributed by atoms with van der Waals surface area (Å²) in [6.07, 6.45) is 3.89. The lowest BCUT2D eigenvalue weighted by atomic mass is 10.2. The van der Waals surface area contributed by atoms with Gasteiger partial charge < -0.3 is 10.1 Å². The number of ether oxygens (including phenoxy) is 1. The van der Waals surface area contributed by atoms with Crippen molar-refractivity contribution in [3.05, 3.63) is 59.9 Å². The molecule has 0 aliphatic heterocycles. The Morgan fingerprint density at radius 3 is 2.42 bits per heavy atom. The second kappa shape index (κ2) is 6.90. The fraction of sp³-hybridized carbons (Fsp3) is 0.312. The molecule has 19 heavy (non-hydrogen) atoms. The van der Waals surface area contributed by atoms with Gasteiger partial charge in [-0.15, -0.1) is 0 Å². The lowest BCUT2D eigenvalue weighted by Gasteiger charge is -2.10. The molecule has 100 valence electrons. The van der Waals surface area contributed by atoms with Gasteiger partial charge in [0.25, 0.3) is 0 Å². The Balaban J connectivity index is 1.80. The minimum atomic E-state index is 0.217. The van der Waals surface area contributed by atoms with Crippen LogP contribution in [0.3, 0.4) is 0 Å². The maximum atomic E-state index is 5.61. The van der Waals surface area contributed by atoms with Crippen LogP contribution in [0.15, 0.2) is 48.8 Å². The van der Waals surface area contributed by atoms with Crippen molar-refractivity contribution in [3.63, 3.8) is 0 Å². The first kappa shape index (κ1) is 13.6. The molecule has 0 amide bonds. The van der Waals surface area contributed by atoms with E-state index in [1.165, 1.54) is 11.1 Å². The van der Waals surface area contributed by atoms with Gasteiger partial charge in [0.15, 0.2) is 0 Å². The van der Waals surface area contributed by atoms with Crippen molar-refractivity contribution in [2.24, 2.45) is 0 Å². The summed E-state index contributed by atoms with van der Waals surface area (Å²) < 4.78 is 5.61. The van der Waals surface area contributed by atoms with E-state index in [-0.39, 0.29) is 6.10 Å². The van der Waals surface area contributed by atoms with Gasteiger partial charge in [-0.3, -0.25) is 4.98 Å². The average molecular weight is 256 g/mol. The van der Waals surface area contributed by atoms with Gasteiger partial charge in [-0.25, -0.2) is 0 Å². The fourth-order valence-electron chi connectivity index (χ4n) is 1.81. The third-order valence-corrected chi connectivity index (χ3v) is 2.68. The second-order valence-corrected chi connectivity index (χ2v) is 4.78. The molecule has 0 saturated heterocycles. The van der Waals surface area contributed by atoms with Gasteiger partial charge in [0.2, 0.25) is 0 Å². The molecule has 1 heterocycles. The number of pyridine rings is 1. The summed E-state index contributed by atoms with van der Waals surface area (Å²) in [6.45, 7) is 5.74. The number of nitrogens with zero attached hydrogens (tertiary/aromatic N) is 1. The van der Waals surface area contributed by atoms with Gasteiger partial charge in [-0.05, 0) is 43.2 Å². The van der Waals surface area contributed by atoms with Crippen molar-refractivity contribution in [3.8, 4) is 5.75 Å². The molecular weight excluding hydrogens is 236 g/mol. The van der Waals surface area contributed by atoms with Crippen LogP contribution in [0.25, 0.3) is 0 Å². The van der Waals surface area contributed by atoms with Crippen LogP contribution in [0.1, 0.15) is 25.0 Å². The van der Waals surface area contributed by atoms with Crippen LogP contribution in [0, 0.1) is 0 Å². The minimum absolute atomic E-state index is 0.217. The molecule has 0 saturated carbocycles. The Kier molecular flexibility index (Phi) is 4.93. The maximum absolute atomic E-state index is 5.61. The van der Waals surface area contributed by atoms with Crippen LogP contribution in [-0.2, 0) is 13.1 Å². The number of hydrogen-bond donors (Lipinski definition) is 1. The van der Waals surface area contributed by atoms with Gasteiger partial charge in [0.05, 0.1) is 6.10 Å².